The van der Waals surface area contributed by atoms with Crippen LogP contribution in [-0.2, 0) is 31.3 Å². The number of rotatable bonds is 10. The van der Waals surface area contributed by atoms with Crippen LogP contribution in [0.5, 0.6) is 0 Å². The predicted octanol–water partition coefficient (Wildman–Crippen LogP) is 10.7. The maximum absolute atomic E-state index is 12.2. The second-order valence-corrected chi connectivity index (χ2v) is 12.6. The monoisotopic (exact) mass is 749 g/mol. The number of carbonyl (C=O) groups excluding carboxylic acids is 1. The Hall–Kier alpha value is -2.29. The molecule has 0 bridgehead atoms. The molecule has 0 amide bonds. The molecule has 1 aliphatic rings. The third-order valence-corrected chi connectivity index (χ3v) is 9.70. The van der Waals surface area contributed by atoms with Gasteiger partial charge in [-0.2, -0.15) is 0 Å². The molecule has 1 fully saturated rings. The second kappa shape index (κ2) is 16.0. The topological polar surface area (TPSA) is 50.2 Å². The Labute approximate surface area is 271 Å². The van der Waals surface area contributed by atoms with Crippen molar-refractivity contribution in [3.63, 3.8) is 0 Å². The number of allylic oxidation sites excluding steroid dienone is 2. The van der Waals surface area contributed by atoms with E-state index in [4.69, 9.17) is 2.74 Å². The van der Waals surface area contributed by atoms with Crippen LogP contribution in [0.4, 0.5) is 0 Å². The third kappa shape index (κ3) is 8.87. The summed E-state index contributed by atoms with van der Waals surface area (Å²) in [5.41, 5.74) is 4.57. The molecule has 0 spiro atoms. The van der Waals surface area contributed by atoms with Gasteiger partial charge in [-0.3, -0.25) is 4.79 Å². The summed E-state index contributed by atoms with van der Waals surface area (Å²) >= 11 is 0. The van der Waals surface area contributed by atoms with Gasteiger partial charge in [0.15, 0.2) is 5.78 Å². The molecule has 1 heterocycles. The van der Waals surface area contributed by atoms with E-state index in [2.05, 4.69) is 48.3 Å². The van der Waals surface area contributed by atoms with Gasteiger partial charge >= 0.3 is 0 Å². The number of aliphatic hydroxyl groups is 1. The Morgan fingerprint density at radius 2 is 1.64 bits per heavy atom. The summed E-state index contributed by atoms with van der Waals surface area (Å²) in [6.45, 7) is 16.2. The normalized spacial score (nSPS) is 15.0. The first-order chi connectivity index (χ1) is 20.3. The fourth-order valence-electron chi connectivity index (χ4n) is 5.69. The Bertz CT molecular complexity index is 1430. The van der Waals surface area contributed by atoms with Crippen LogP contribution in [0.25, 0.3) is 22.0 Å². The van der Waals surface area contributed by atoms with Gasteiger partial charge in [0.25, 0.3) is 0 Å². The molecule has 1 aromatic heterocycles. The van der Waals surface area contributed by atoms with Gasteiger partial charge in [-0.05, 0) is 66.1 Å². The van der Waals surface area contributed by atoms with Crippen LogP contribution in [0.3, 0.4) is 0 Å². The van der Waals surface area contributed by atoms with Gasteiger partial charge in [-0.1, -0.05) is 99.3 Å². The Kier molecular flexibility index (Phi) is 12.4. The average Bonchev–Trinajstić information content (AvgIpc) is 3.51. The van der Waals surface area contributed by atoms with E-state index in [0.717, 1.165) is 71.2 Å². The molecule has 1 aliphatic carbocycles. The first kappa shape index (κ1) is 32.6. The van der Waals surface area contributed by atoms with Gasteiger partial charge in [0.2, 0.25) is 0 Å². The number of carbonyl (C=O) groups is 1. The molecule has 0 unspecified atom stereocenters. The molecule has 0 saturated heterocycles. The van der Waals surface area contributed by atoms with E-state index in [9.17, 15) is 9.90 Å². The van der Waals surface area contributed by atoms with Crippen molar-refractivity contribution in [2.75, 3.05) is 0 Å². The van der Waals surface area contributed by atoms with Crippen LogP contribution in [0.2, 0.25) is 0 Å². The van der Waals surface area contributed by atoms with E-state index in [1.807, 2.05) is 48.5 Å². The Balaban J connectivity index is 0.000000331. The van der Waals surface area contributed by atoms with E-state index < -0.39 is 0 Å². The van der Waals surface area contributed by atoms with Gasteiger partial charge in [0.05, 0.1) is 2.74 Å². The summed E-state index contributed by atoms with van der Waals surface area (Å²) in [5, 5.41) is 11.9. The minimum Gasteiger partial charge on any atom is -0.512 e. The smallest absolute Gasteiger partial charge is 0.164 e. The van der Waals surface area contributed by atoms with Crippen molar-refractivity contribution in [2.45, 2.75) is 113 Å². The number of pyridine rings is 1. The van der Waals surface area contributed by atoms with Crippen molar-refractivity contribution in [1.29, 1.82) is 0 Å². The SMILES string of the molecule is CCC(C)(CC)C(=O)/C=C(\O)C(C)(CC)CC.[2H]c1nc(-c2[c-]c(C)cc(C)c2)c2ccc(CC3CCCC3)cc2c1[2H].[Ir]. The number of fused-ring (bicyclic) bond motifs is 1. The first-order valence-corrected chi connectivity index (χ1v) is 15.7. The Morgan fingerprint density at radius 3 is 2.21 bits per heavy atom. The summed E-state index contributed by atoms with van der Waals surface area (Å²) in [6.07, 6.45) is 11.2. The van der Waals surface area contributed by atoms with Gasteiger partial charge in [-0.15, -0.1) is 34.9 Å². The van der Waals surface area contributed by atoms with Gasteiger partial charge in [-0.25, -0.2) is 0 Å². The zero-order chi connectivity index (χ0) is 31.9. The molecule has 3 aromatic rings. The largest absolute Gasteiger partial charge is 0.512 e. The third-order valence-electron chi connectivity index (χ3n) is 9.70. The number of ketones is 1. The molecular formula is C38H52IrNO2-. The number of aromatic nitrogens is 1. The van der Waals surface area contributed by atoms with Gasteiger partial charge in [0.1, 0.15) is 5.76 Å². The van der Waals surface area contributed by atoms with Crippen molar-refractivity contribution >= 4 is 16.6 Å². The van der Waals surface area contributed by atoms with E-state index in [0.29, 0.717) is 0 Å². The number of benzene rings is 2. The quantitative estimate of drug-likeness (QED) is 0.128. The summed E-state index contributed by atoms with van der Waals surface area (Å²) in [4.78, 5) is 16.6. The second-order valence-electron chi connectivity index (χ2n) is 12.6. The first-order valence-electron chi connectivity index (χ1n) is 16.7. The molecule has 231 valence electrons. The molecule has 3 nitrogen and oxygen atoms in total. The fourth-order valence-corrected chi connectivity index (χ4v) is 5.69. The summed E-state index contributed by atoms with van der Waals surface area (Å²) < 4.78 is 16.5. The fraction of sp³-hybridized carbons (Fsp3) is 0.526. The molecule has 4 rings (SSSR count). The van der Waals surface area contributed by atoms with Crippen molar-refractivity contribution in [1.82, 2.24) is 4.98 Å². The molecule has 1 saturated carbocycles. The maximum Gasteiger partial charge on any atom is 0.164 e. The summed E-state index contributed by atoms with van der Waals surface area (Å²) in [6, 6.07) is 14.1. The van der Waals surface area contributed by atoms with E-state index in [1.165, 1.54) is 37.3 Å². The number of aliphatic hydroxyl groups excluding tert-OH is 1. The van der Waals surface area contributed by atoms with Gasteiger partial charge < -0.3 is 10.1 Å². The van der Waals surface area contributed by atoms with Crippen LogP contribution in [0.1, 0.15) is 112 Å². The maximum atomic E-state index is 12.2. The van der Waals surface area contributed by atoms with E-state index in [-0.39, 0.29) is 54.7 Å². The number of nitrogens with zero attached hydrogens (tertiary/aromatic N) is 1. The molecule has 1 N–H and O–H groups in total. The minimum atomic E-state index is -0.337. The number of hydrogen-bond acceptors (Lipinski definition) is 3. The number of hydrogen-bond donors (Lipinski definition) is 1. The minimum absolute atomic E-state index is 0. The van der Waals surface area contributed by atoms with Crippen LogP contribution in [-0.4, -0.2) is 15.9 Å². The average molecular weight is 749 g/mol. The van der Waals surface area contributed by atoms with Crippen LogP contribution >= 0.6 is 0 Å². The zero-order valence-electron chi connectivity index (χ0n) is 29.0. The van der Waals surface area contributed by atoms with Crippen molar-refractivity contribution < 1.29 is 32.7 Å². The number of aryl methyl sites for hydroxylation is 2. The van der Waals surface area contributed by atoms with Crippen molar-refractivity contribution in [3.8, 4) is 11.3 Å². The molecule has 0 aliphatic heterocycles. The summed E-state index contributed by atoms with van der Waals surface area (Å²) in [5.74, 6) is 1.06. The molecule has 1 radical (unpaired) electrons. The van der Waals surface area contributed by atoms with E-state index >= 15 is 0 Å². The van der Waals surface area contributed by atoms with Crippen LogP contribution in [0.15, 0.2) is 54.4 Å². The van der Waals surface area contributed by atoms with Crippen LogP contribution < -0.4 is 0 Å². The molecule has 42 heavy (non-hydrogen) atoms. The Morgan fingerprint density at radius 1 is 1.02 bits per heavy atom. The van der Waals surface area contributed by atoms with Gasteiger partial charge in [0, 0.05) is 43.2 Å². The van der Waals surface area contributed by atoms with E-state index in [1.54, 1.807) is 0 Å². The van der Waals surface area contributed by atoms with Crippen molar-refractivity contribution in [2.24, 2.45) is 16.7 Å². The molecule has 0 atom stereocenters. The molecule has 4 heteroatoms. The standard InChI is InChI=1S/C23H24N.C15H28O2.Ir/c1-16-11-17(2)13-21(12-16)23-22-8-7-19(14-18-5-3-4-6-18)15-20(22)9-10-24-23;1-7-14(5,8-2)12(16)11-13(17)15(6,9-3)10-4;/h7-12,15,18H,3-6,14H2,1-2H3;11,16H,7-10H2,1-6H3;/q-1;;/b;12-11-;/i9D,10D;;. The van der Waals surface area contributed by atoms with Crippen LogP contribution in [0, 0.1) is 36.7 Å². The predicted molar refractivity (Wildman–Crippen MR) is 174 cm³/mol. The zero-order valence-corrected chi connectivity index (χ0v) is 29.4. The molecular weight excluding hydrogens is 695 g/mol. The summed E-state index contributed by atoms with van der Waals surface area (Å²) in [7, 11) is 0. The van der Waals surface area contributed by atoms with Crippen molar-refractivity contribution in [3.05, 3.63) is 77.1 Å². The molecule has 2 aromatic carbocycles.